The van der Waals surface area contributed by atoms with Crippen LogP contribution in [0.1, 0.15) is 25.7 Å². The van der Waals surface area contributed by atoms with Crippen molar-refractivity contribution in [3.8, 4) is 5.75 Å². The molecule has 0 saturated carbocycles. The van der Waals surface area contributed by atoms with Gasteiger partial charge in [-0.25, -0.2) is 0 Å². The molecule has 0 amide bonds. The van der Waals surface area contributed by atoms with Gasteiger partial charge in [0.15, 0.2) is 6.29 Å². The van der Waals surface area contributed by atoms with E-state index >= 15 is 0 Å². The van der Waals surface area contributed by atoms with Crippen LogP contribution in [0.4, 0.5) is 0 Å². The predicted molar refractivity (Wildman–Crippen MR) is 78.9 cm³/mol. The number of methoxy groups -OCH3 is 1. The second kappa shape index (κ2) is 5.08. The molecule has 3 nitrogen and oxygen atoms in total. The fourth-order valence-electron chi connectivity index (χ4n) is 2.55. The lowest BCUT2D eigenvalue weighted by atomic mass is 9.95. The van der Waals surface area contributed by atoms with Crippen molar-refractivity contribution in [2.75, 3.05) is 20.3 Å². The summed E-state index contributed by atoms with van der Waals surface area (Å²) in [6.07, 6.45) is -0.345. The molecule has 0 spiro atoms. The monoisotopic (exact) mass is 272 g/mol. The Morgan fingerprint density at radius 2 is 1.75 bits per heavy atom. The van der Waals surface area contributed by atoms with Crippen molar-refractivity contribution in [3.05, 3.63) is 42.0 Å². The van der Waals surface area contributed by atoms with Crippen molar-refractivity contribution in [2.24, 2.45) is 5.41 Å². The molecule has 20 heavy (non-hydrogen) atoms. The lowest BCUT2D eigenvalue weighted by Gasteiger charge is -2.35. The summed E-state index contributed by atoms with van der Waals surface area (Å²) >= 11 is 0. The summed E-state index contributed by atoms with van der Waals surface area (Å²) in [7, 11) is 1.69. The van der Waals surface area contributed by atoms with Gasteiger partial charge in [0.05, 0.1) is 25.9 Å². The molecule has 3 heteroatoms. The first-order valence-corrected chi connectivity index (χ1v) is 6.89. The van der Waals surface area contributed by atoms with Crippen LogP contribution in [0.3, 0.4) is 0 Å². The van der Waals surface area contributed by atoms with Crippen LogP contribution in [-0.4, -0.2) is 20.3 Å². The maximum Gasteiger partial charge on any atom is 0.187 e. The first-order chi connectivity index (χ1) is 9.61. The quantitative estimate of drug-likeness (QED) is 0.829. The average molecular weight is 272 g/mol. The van der Waals surface area contributed by atoms with Crippen LogP contribution in [0.5, 0.6) is 5.75 Å². The Morgan fingerprint density at radius 3 is 2.45 bits per heavy atom. The van der Waals surface area contributed by atoms with Crippen LogP contribution in [0, 0.1) is 5.41 Å². The highest BCUT2D eigenvalue weighted by atomic mass is 16.7. The van der Waals surface area contributed by atoms with E-state index in [1.807, 2.05) is 18.2 Å². The van der Waals surface area contributed by atoms with E-state index in [-0.39, 0.29) is 11.7 Å². The highest BCUT2D eigenvalue weighted by Gasteiger charge is 2.31. The molecule has 0 atom stereocenters. The molecule has 0 aliphatic carbocycles. The highest BCUT2D eigenvalue weighted by Crippen LogP contribution is 2.38. The standard InChI is InChI=1S/C17H20O3/c1-17(2)10-19-16(20-11-17)14-9-8-12-6-4-5-7-13(12)15(14)18-3/h4-9,16H,10-11H2,1-3H3. The summed E-state index contributed by atoms with van der Waals surface area (Å²) in [5, 5.41) is 2.24. The molecule has 0 N–H and O–H groups in total. The number of benzene rings is 2. The Labute approximate surface area is 119 Å². The average Bonchev–Trinajstić information content (AvgIpc) is 2.46. The van der Waals surface area contributed by atoms with Crippen molar-refractivity contribution < 1.29 is 14.2 Å². The van der Waals surface area contributed by atoms with E-state index in [0.717, 1.165) is 22.1 Å². The van der Waals surface area contributed by atoms with Gasteiger partial charge in [0, 0.05) is 10.8 Å². The number of hydrogen-bond donors (Lipinski definition) is 0. The summed E-state index contributed by atoms with van der Waals surface area (Å²) in [5.41, 5.74) is 1.03. The molecule has 2 aromatic carbocycles. The summed E-state index contributed by atoms with van der Waals surface area (Å²) in [6.45, 7) is 5.66. The SMILES string of the molecule is COc1c(C2OCC(C)(C)CO2)ccc2ccccc12. The van der Waals surface area contributed by atoms with Crippen molar-refractivity contribution >= 4 is 10.8 Å². The summed E-state index contributed by atoms with van der Waals surface area (Å²) in [6, 6.07) is 12.3. The lowest BCUT2D eigenvalue weighted by molar-refractivity contribution is -0.226. The topological polar surface area (TPSA) is 27.7 Å². The van der Waals surface area contributed by atoms with Crippen LogP contribution in [0.25, 0.3) is 10.8 Å². The zero-order valence-corrected chi connectivity index (χ0v) is 12.2. The number of rotatable bonds is 2. The summed E-state index contributed by atoms with van der Waals surface area (Å²) < 4.78 is 17.3. The smallest absolute Gasteiger partial charge is 0.187 e. The van der Waals surface area contributed by atoms with Crippen molar-refractivity contribution in [1.29, 1.82) is 0 Å². The largest absolute Gasteiger partial charge is 0.496 e. The maximum absolute atomic E-state index is 5.87. The van der Waals surface area contributed by atoms with E-state index in [9.17, 15) is 0 Å². The minimum absolute atomic E-state index is 0.0700. The van der Waals surface area contributed by atoms with Gasteiger partial charge in [0.1, 0.15) is 5.75 Å². The molecule has 0 bridgehead atoms. The Bertz CT molecular complexity index is 609. The first-order valence-electron chi connectivity index (χ1n) is 6.89. The minimum Gasteiger partial charge on any atom is -0.496 e. The van der Waals surface area contributed by atoms with E-state index in [0.29, 0.717) is 13.2 Å². The molecule has 3 rings (SSSR count). The molecule has 1 aliphatic heterocycles. The lowest BCUT2D eigenvalue weighted by Crippen LogP contribution is -2.33. The van der Waals surface area contributed by atoms with Gasteiger partial charge in [0.2, 0.25) is 0 Å². The summed E-state index contributed by atoms with van der Waals surface area (Å²) in [4.78, 5) is 0. The molecule has 106 valence electrons. The molecule has 2 aromatic rings. The second-order valence-electron chi connectivity index (χ2n) is 6.03. The third kappa shape index (κ3) is 2.39. The third-order valence-corrected chi connectivity index (χ3v) is 3.62. The van der Waals surface area contributed by atoms with Crippen LogP contribution in [0.2, 0.25) is 0 Å². The molecular formula is C17H20O3. The minimum atomic E-state index is -0.345. The zero-order valence-electron chi connectivity index (χ0n) is 12.2. The molecule has 0 aromatic heterocycles. The highest BCUT2D eigenvalue weighted by molar-refractivity contribution is 5.89. The fourth-order valence-corrected chi connectivity index (χ4v) is 2.55. The molecule has 1 saturated heterocycles. The Balaban J connectivity index is 1.99. The van der Waals surface area contributed by atoms with E-state index in [1.54, 1.807) is 7.11 Å². The van der Waals surface area contributed by atoms with Gasteiger partial charge in [0.25, 0.3) is 0 Å². The zero-order chi connectivity index (χ0) is 14.2. The second-order valence-corrected chi connectivity index (χ2v) is 6.03. The van der Waals surface area contributed by atoms with E-state index in [1.165, 1.54) is 0 Å². The van der Waals surface area contributed by atoms with Gasteiger partial charge < -0.3 is 14.2 Å². The van der Waals surface area contributed by atoms with Gasteiger partial charge >= 0.3 is 0 Å². The molecule has 1 fully saturated rings. The Morgan fingerprint density at radius 1 is 1.05 bits per heavy atom. The van der Waals surface area contributed by atoms with E-state index in [4.69, 9.17) is 14.2 Å². The summed E-state index contributed by atoms with van der Waals surface area (Å²) in [5.74, 6) is 0.841. The third-order valence-electron chi connectivity index (χ3n) is 3.62. The van der Waals surface area contributed by atoms with Gasteiger partial charge in [-0.05, 0) is 11.5 Å². The fraction of sp³-hybridized carbons (Fsp3) is 0.412. The van der Waals surface area contributed by atoms with Crippen LogP contribution < -0.4 is 4.74 Å². The van der Waals surface area contributed by atoms with Gasteiger partial charge in [-0.1, -0.05) is 44.2 Å². The Hall–Kier alpha value is -1.58. The van der Waals surface area contributed by atoms with E-state index in [2.05, 4.69) is 32.0 Å². The molecule has 0 unspecified atom stereocenters. The van der Waals surface area contributed by atoms with Crippen molar-refractivity contribution in [2.45, 2.75) is 20.1 Å². The van der Waals surface area contributed by atoms with Crippen LogP contribution in [-0.2, 0) is 9.47 Å². The van der Waals surface area contributed by atoms with Crippen LogP contribution in [0.15, 0.2) is 36.4 Å². The van der Waals surface area contributed by atoms with Crippen molar-refractivity contribution in [3.63, 3.8) is 0 Å². The van der Waals surface area contributed by atoms with Crippen LogP contribution >= 0.6 is 0 Å². The van der Waals surface area contributed by atoms with Crippen molar-refractivity contribution in [1.82, 2.24) is 0 Å². The van der Waals surface area contributed by atoms with E-state index < -0.39 is 0 Å². The number of fused-ring (bicyclic) bond motifs is 1. The molecular weight excluding hydrogens is 252 g/mol. The van der Waals surface area contributed by atoms with Gasteiger partial charge in [-0.2, -0.15) is 0 Å². The maximum atomic E-state index is 5.87. The first kappa shape index (κ1) is 13.4. The normalized spacial score (nSPS) is 19.1. The van der Waals surface area contributed by atoms with Gasteiger partial charge in [-0.3, -0.25) is 0 Å². The number of ether oxygens (including phenoxy) is 3. The van der Waals surface area contributed by atoms with Gasteiger partial charge in [-0.15, -0.1) is 0 Å². The Kier molecular flexibility index (Phi) is 3.40. The molecule has 1 aliphatic rings. The molecule has 1 heterocycles. The number of hydrogen-bond acceptors (Lipinski definition) is 3. The predicted octanol–water partition coefficient (Wildman–Crippen LogP) is 3.92. The molecule has 0 radical (unpaired) electrons.